The third-order valence-electron chi connectivity index (χ3n) is 2.71. The van der Waals surface area contributed by atoms with Crippen LogP contribution in [0.5, 0.6) is 0 Å². The van der Waals surface area contributed by atoms with Gasteiger partial charge in [0.1, 0.15) is 0 Å². The number of rotatable bonds is 2. The number of thioether (sulfide) groups is 1. The zero-order valence-corrected chi connectivity index (χ0v) is 11.1. The molecule has 1 aliphatic heterocycles. The van der Waals surface area contributed by atoms with Gasteiger partial charge >= 0.3 is 0 Å². The molecule has 98 valence electrons. The summed E-state index contributed by atoms with van der Waals surface area (Å²) in [5.41, 5.74) is 1.06. The van der Waals surface area contributed by atoms with Crippen LogP contribution in [0.25, 0.3) is 6.08 Å². The van der Waals surface area contributed by atoms with Gasteiger partial charge in [-0.25, -0.2) is 0 Å². The molecule has 0 saturated carbocycles. The topological polar surface area (TPSA) is 80.5 Å². The van der Waals surface area contributed by atoms with Crippen LogP contribution in [0.1, 0.15) is 11.1 Å². The van der Waals surface area contributed by atoms with Gasteiger partial charge in [0.25, 0.3) is 16.8 Å². The highest BCUT2D eigenvalue weighted by Crippen LogP contribution is 2.31. The first kappa shape index (κ1) is 13.3. The molecule has 2 amide bonds. The molecule has 0 radical (unpaired) electrons. The van der Waals surface area contributed by atoms with Crippen LogP contribution in [0, 0.1) is 17.0 Å². The van der Waals surface area contributed by atoms with Gasteiger partial charge in [-0.2, -0.15) is 0 Å². The number of imide groups is 1. The molecule has 0 aromatic heterocycles. The van der Waals surface area contributed by atoms with Crippen LogP contribution >= 0.6 is 11.8 Å². The van der Waals surface area contributed by atoms with Gasteiger partial charge in [-0.15, -0.1) is 0 Å². The van der Waals surface area contributed by atoms with Crippen LogP contribution in [0.2, 0.25) is 0 Å². The summed E-state index contributed by atoms with van der Waals surface area (Å²) < 4.78 is 0. The molecule has 0 bridgehead atoms. The van der Waals surface area contributed by atoms with Gasteiger partial charge in [0, 0.05) is 18.7 Å². The maximum Gasteiger partial charge on any atom is 0.293 e. The second kappa shape index (κ2) is 4.85. The molecule has 2 rings (SSSR count). The number of hydrogen-bond acceptors (Lipinski definition) is 5. The summed E-state index contributed by atoms with van der Waals surface area (Å²) in [5.74, 6) is -0.391. The van der Waals surface area contributed by atoms with E-state index in [2.05, 4.69) is 0 Å². The lowest BCUT2D eigenvalue weighted by Gasteiger charge is -2.01. The minimum absolute atomic E-state index is 0.00974. The Hall–Kier alpha value is -2.15. The minimum atomic E-state index is -0.474. The zero-order chi connectivity index (χ0) is 14.2. The van der Waals surface area contributed by atoms with E-state index in [4.69, 9.17) is 0 Å². The maximum atomic E-state index is 11.7. The fraction of sp³-hybridized carbons (Fsp3) is 0.167. The van der Waals surface area contributed by atoms with Crippen LogP contribution in [0.4, 0.5) is 10.5 Å². The van der Waals surface area contributed by atoms with Gasteiger partial charge in [-0.05, 0) is 30.3 Å². The van der Waals surface area contributed by atoms with Crippen molar-refractivity contribution in [2.24, 2.45) is 0 Å². The molecule has 0 unspecified atom stereocenters. The molecule has 1 heterocycles. The summed E-state index contributed by atoms with van der Waals surface area (Å²) in [6.07, 6.45) is 1.49. The number of hydrogen-bond donors (Lipinski definition) is 0. The second-order valence-corrected chi connectivity index (χ2v) is 5.04. The monoisotopic (exact) mass is 278 g/mol. The minimum Gasteiger partial charge on any atom is -0.272 e. The van der Waals surface area contributed by atoms with Crippen LogP contribution in [0.15, 0.2) is 23.1 Å². The van der Waals surface area contributed by atoms with Crippen LogP contribution in [-0.4, -0.2) is 28.0 Å². The van der Waals surface area contributed by atoms with Gasteiger partial charge in [0.15, 0.2) is 0 Å². The standard InChI is InChI=1S/C12H10N2O4S/c1-7-3-4-8(5-9(7)14(17)18)6-10-11(15)13(2)12(16)19-10/h3-6H,1-2H3/b10-6+. The number of nitrogens with zero attached hydrogens (tertiary/aromatic N) is 2. The Morgan fingerprint density at radius 3 is 2.58 bits per heavy atom. The molecule has 0 N–H and O–H groups in total. The van der Waals surface area contributed by atoms with Crippen LogP contribution in [0.3, 0.4) is 0 Å². The summed E-state index contributed by atoms with van der Waals surface area (Å²) in [6, 6.07) is 4.67. The smallest absolute Gasteiger partial charge is 0.272 e. The molecule has 19 heavy (non-hydrogen) atoms. The van der Waals surface area contributed by atoms with E-state index in [0.717, 1.165) is 16.7 Å². The van der Waals surface area contributed by atoms with Gasteiger partial charge in [-0.1, -0.05) is 12.1 Å². The number of likely N-dealkylation sites (N-methyl/N-ethyl adjacent to an activating group) is 1. The summed E-state index contributed by atoms with van der Waals surface area (Å²) in [6.45, 7) is 1.64. The molecule has 0 spiro atoms. The number of nitro benzene ring substituents is 1. The number of carbonyl (C=O) groups is 2. The van der Waals surface area contributed by atoms with E-state index in [1.165, 1.54) is 19.2 Å². The van der Waals surface area contributed by atoms with Gasteiger partial charge in [0.05, 0.1) is 9.83 Å². The van der Waals surface area contributed by atoms with E-state index in [0.29, 0.717) is 11.1 Å². The van der Waals surface area contributed by atoms with Crippen molar-refractivity contribution in [3.8, 4) is 0 Å². The number of amides is 2. The van der Waals surface area contributed by atoms with Crippen molar-refractivity contribution < 1.29 is 14.5 Å². The Morgan fingerprint density at radius 2 is 2.05 bits per heavy atom. The van der Waals surface area contributed by atoms with Gasteiger partial charge in [0.2, 0.25) is 0 Å². The molecule has 0 aliphatic carbocycles. The first-order chi connectivity index (χ1) is 8.90. The molecular formula is C12H10N2O4S. The van der Waals surface area contributed by atoms with E-state index in [1.54, 1.807) is 19.1 Å². The average molecular weight is 278 g/mol. The highest BCUT2D eigenvalue weighted by molar-refractivity contribution is 8.18. The van der Waals surface area contributed by atoms with Gasteiger partial charge < -0.3 is 0 Å². The Labute approximate surface area is 113 Å². The Morgan fingerprint density at radius 1 is 1.37 bits per heavy atom. The largest absolute Gasteiger partial charge is 0.293 e. The average Bonchev–Trinajstić information content (AvgIpc) is 2.59. The first-order valence-electron chi connectivity index (χ1n) is 5.37. The molecular weight excluding hydrogens is 268 g/mol. The zero-order valence-electron chi connectivity index (χ0n) is 10.2. The number of carbonyl (C=O) groups excluding carboxylic acids is 2. The second-order valence-electron chi connectivity index (χ2n) is 4.04. The third kappa shape index (κ3) is 2.50. The SMILES string of the molecule is Cc1ccc(/C=C2/SC(=O)N(C)C2=O)cc1[N+](=O)[O-]. The molecule has 1 fully saturated rings. The highest BCUT2D eigenvalue weighted by atomic mass is 32.2. The third-order valence-corrected chi connectivity index (χ3v) is 3.68. The van der Waals surface area contributed by atoms with E-state index < -0.39 is 10.8 Å². The Kier molecular flexibility index (Phi) is 3.39. The lowest BCUT2D eigenvalue weighted by atomic mass is 10.1. The summed E-state index contributed by atoms with van der Waals surface area (Å²) >= 11 is 0.824. The fourth-order valence-electron chi connectivity index (χ4n) is 1.61. The van der Waals surface area contributed by atoms with Crippen LogP contribution in [-0.2, 0) is 4.79 Å². The molecule has 6 nitrogen and oxygen atoms in total. The Balaban J connectivity index is 2.39. The van der Waals surface area contributed by atoms with Crippen molar-refractivity contribution in [1.82, 2.24) is 4.90 Å². The molecule has 1 aliphatic rings. The fourth-order valence-corrected chi connectivity index (χ4v) is 2.44. The van der Waals surface area contributed by atoms with E-state index >= 15 is 0 Å². The molecule has 7 heteroatoms. The lowest BCUT2D eigenvalue weighted by Crippen LogP contribution is -2.22. The van der Waals surface area contributed by atoms with Gasteiger partial charge in [-0.3, -0.25) is 24.6 Å². The summed E-state index contributed by atoms with van der Waals surface area (Å²) in [7, 11) is 1.40. The normalized spacial score (nSPS) is 17.4. The van der Waals surface area contributed by atoms with E-state index in [9.17, 15) is 19.7 Å². The number of aryl methyl sites for hydroxylation is 1. The molecule has 0 atom stereocenters. The quantitative estimate of drug-likeness (QED) is 0.472. The van der Waals surface area contributed by atoms with Crippen molar-refractivity contribution in [2.45, 2.75) is 6.92 Å². The molecule has 1 saturated heterocycles. The van der Waals surface area contributed by atoms with Crippen molar-refractivity contribution in [2.75, 3.05) is 7.05 Å². The van der Waals surface area contributed by atoms with E-state index in [1.807, 2.05) is 0 Å². The molecule has 1 aromatic rings. The van der Waals surface area contributed by atoms with Crippen LogP contribution < -0.4 is 0 Å². The van der Waals surface area contributed by atoms with Crippen molar-refractivity contribution in [3.63, 3.8) is 0 Å². The van der Waals surface area contributed by atoms with E-state index in [-0.39, 0.29) is 15.8 Å². The summed E-state index contributed by atoms with van der Waals surface area (Å²) in [4.78, 5) is 34.7. The first-order valence-corrected chi connectivity index (χ1v) is 6.18. The maximum absolute atomic E-state index is 11.7. The predicted octanol–water partition coefficient (Wildman–Crippen LogP) is 2.57. The van der Waals surface area contributed by atoms with Crippen molar-refractivity contribution in [1.29, 1.82) is 0 Å². The highest BCUT2D eigenvalue weighted by Gasteiger charge is 2.31. The number of nitro groups is 1. The molecule has 1 aromatic carbocycles. The number of benzene rings is 1. The summed E-state index contributed by atoms with van der Waals surface area (Å²) in [5, 5.41) is 10.5. The van der Waals surface area contributed by atoms with Crippen molar-refractivity contribution in [3.05, 3.63) is 44.3 Å². The lowest BCUT2D eigenvalue weighted by molar-refractivity contribution is -0.385. The Bertz CT molecular complexity index is 624. The predicted molar refractivity (Wildman–Crippen MR) is 71.6 cm³/mol. The van der Waals surface area contributed by atoms with Crippen molar-refractivity contribution >= 4 is 34.7 Å².